The summed E-state index contributed by atoms with van der Waals surface area (Å²) in [5.41, 5.74) is 3.79. The van der Waals surface area contributed by atoms with Crippen molar-refractivity contribution in [3.63, 3.8) is 0 Å². The zero-order valence-electron chi connectivity index (χ0n) is 28.4. The number of piperidine rings is 1. The van der Waals surface area contributed by atoms with Crippen LogP contribution < -0.4 is 5.56 Å². The number of halogens is 4. The van der Waals surface area contributed by atoms with E-state index in [-0.39, 0.29) is 23.5 Å². The van der Waals surface area contributed by atoms with Gasteiger partial charge in [-0.2, -0.15) is 18.2 Å². The summed E-state index contributed by atoms with van der Waals surface area (Å²) in [6, 6.07) is 18.7. The van der Waals surface area contributed by atoms with Gasteiger partial charge in [-0.15, -0.1) is 0 Å². The summed E-state index contributed by atoms with van der Waals surface area (Å²) in [5.74, 6) is 0.811. The maximum atomic E-state index is 13.6. The molecule has 1 fully saturated rings. The second-order valence-electron chi connectivity index (χ2n) is 13.0. The van der Waals surface area contributed by atoms with Crippen LogP contribution in [0.1, 0.15) is 60.4 Å². The normalized spacial score (nSPS) is 17.6. The number of ether oxygens (including phenoxy) is 1. The van der Waals surface area contributed by atoms with E-state index in [4.69, 9.17) is 9.57 Å². The van der Waals surface area contributed by atoms with Gasteiger partial charge < -0.3 is 23.9 Å². The van der Waals surface area contributed by atoms with Gasteiger partial charge in [0.2, 0.25) is 6.23 Å². The fourth-order valence-electron chi connectivity index (χ4n) is 7.04. The van der Waals surface area contributed by atoms with Gasteiger partial charge in [-0.05, 0) is 80.0 Å². The molecule has 3 aliphatic rings. The molecule has 0 N–H and O–H groups in total. The first-order valence-corrected chi connectivity index (χ1v) is 18.3. The number of fused-ring (bicyclic) bond motifs is 1. The highest BCUT2D eigenvalue weighted by Gasteiger charge is 2.40. The Bertz CT molecular complexity index is 1990. The fourth-order valence-corrected chi connectivity index (χ4v) is 8.01. The highest BCUT2D eigenvalue weighted by atomic mass is 32.2. The molecule has 52 heavy (non-hydrogen) atoms. The quantitative estimate of drug-likeness (QED) is 0.0985. The van der Waals surface area contributed by atoms with Crippen LogP contribution in [0, 0.1) is 5.82 Å². The van der Waals surface area contributed by atoms with Crippen LogP contribution in [0.15, 0.2) is 87.9 Å². The number of nitrogens with zero attached hydrogens (tertiary/aromatic N) is 5. The molecule has 9 nitrogen and oxygen atoms in total. The molecule has 1 saturated heterocycles. The molecular weight excluding hydrogens is 699 g/mol. The third-order valence-electron chi connectivity index (χ3n) is 9.72. The van der Waals surface area contributed by atoms with E-state index in [2.05, 4.69) is 19.6 Å². The number of hydrogen-bond donors (Lipinski definition) is 0. The van der Waals surface area contributed by atoms with Gasteiger partial charge in [0.25, 0.3) is 5.56 Å². The Morgan fingerprint density at radius 2 is 1.63 bits per heavy atom. The van der Waals surface area contributed by atoms with Gasteiger partial charge in [0.05, 0.1) is 18.7 Å². The lowest BCUT2D eigenvalue weighted by Crippen LogP contribution is -2.49. The van der Waals surface area contributed by atoms with Crippen LogP contribution in [-0.2, 0) is 40.9 Å². The first-order valence-electron chi connectivity index (χ1n) is 17.3. The number of amides is 1. The van der Waals surface area contributed by atoms with Crippen molar-refractivity contribution in [1.82, 2.24) is 19.4 Å². The topological polar surface area (TPSA) is 89.3 Å². The highest BCUT2D eigenvalue weighted by Crippen LogP contribution is 2.37. The van der Waals surface area contributed by atoms with E-state index in [1.165, 1.54) is 36.0 Å². The SMILES string of the molecule is CCOC(=O)N1CCC(N2C(Cn3c(SCc4ccc(F)cc4)nc(=O)c4c3CCC4)=NOC2c2ccc(-c3ccc(C(F)(F)F)cc3)cc2)CC1. The molecule has 0 bridgehead atoms. The minimum absolute atomic E-state index is 0.0535. The Morgan fingerprint density at radius 1 is 0.962 bits per heavy atom. The number of thioether (sulfide) groups is 1. The first kappa shape index (κ1) is 35.5. The molecule has 272 valence electrons. The van der Waals surface area contributed by atoms with Crippen molar-refractivity contribution in [3.8, 4) is 11.1 Å². The summed E-state index contributed by atoms with van der Waals surface area (Å²) >= 11 is 1.41. The second kappa shape index (κ2) is 15.0. The van der Waals surface area contributed by atoms with Gasteiger partial charge in [0.1, 0.15) is 5.82 Å². The molecule has 3 aromatic carbocycles. The molecular formula is C38H37F4N5O4S. The predicted octanol–water partition coefficient (Wildman–Crippen LogP) is 7.81. The average molecular weight is 736 g/mol. The number of amidine groups is 1. The molecule has 2 aliphatic heterocycles. The van der Waals surface area contributed by atoms with E-state index >= 15 is 0 Å². The largest absolute Gasteiger partial charge is 0.450 e. The van der Waals surface area contributed by atoms with E-state index < -0.39 is 18.0 Å². The number of benzene rings is 3. The molecule has 0 saturated carbocycles. The molecule has 1 aliphatic carbocycles. The first-order chi connectivity index (χ1) is 25.1. The summed E-state index contributed by atoms with van der Waals surface area (Å²) in [7, 11) is 0. The lowest BCUT2D eigenvalue weighted by atomic mass is 9.99. The van der Waals surface area contributed by atoms with Crippen molar-refractivity contribution in [2.45, 2.75) is 74.9 Å². The summed E-state index contributed by atoms with van der Waals surface area (Å²) in [6.45, 7) is 3.33. The van der Waals surface area contributed by atoms with Crippen LogP contribution in [0.4, 0.5) is 22.4 Å². The van der Waals surface area contributed by atoms with Crippen LogP contribution in [0.5, 0.6) is 0 Å². The Labute approximate surface area is 302 Å². The molecule has 7 rings (SSSR count). The Hall–Kier alpha value is -4.85. The maximum absolute atomic E-state index is 13.6. The summed E-state index contributed by atoms with van der Waals surface area (Å²) < 4.78 is 60.3. The molecule has 0 spiro atoms. The van der Waals surface area contributed by atoms with Gasteiger partial charge in [0, 0.05) is 41.7 Å². The predicted molar refractivity (Wildman–Crippen MR) is 188 cm³/mol. The number of aromatic nitrogens is 2. The number of oxime groups is 1. The Kier molecular flexibility index (Phi) is 10.3. The van der Waals surface area contributed by atoms with E-state index in [1.807, 2.05) is 24.3 Å². The van der Waals surface area contributed by atoms with Crippen molar-refractivity contribution in [2.24, 2.45) is 5.16 Å². The molecule has 1 unspecified atom stereocenters. The zero-order valence-corrected chi connectivity index (χ0v) is 29.3. The molecule has 1 aromatic heterocycles. The van der Waals surface area contributed by atoms with Gasteiger partial charge in [-0.1, -0.05) is 65.4 Å². The van der Waals surface area contributed by atoms with Crippen LogP contribution in [0.25, 0.3) is 11.1 Å². The Balaban J connectivity index is 1.18. The molecule has 1 amide bonds. The number of carbonyl (C=O) groups excluding carboxylic acids is 1. The van der Waals surface area contributed by atoms with Gasteiger partial charge in [-0.3, -0.25) is 4.79 Å². The lowest BCUT2D eigenvalue weighted by molar-refractivity contribution is -0.137. The second-order valence-corrected chi connectivity index (χ2v) is 13.9. The van der Waals surface area contributed by atoms with Crippen molar-refractivity contribution in [3.05, 3.63) is 117 Å². The summed E-state index contributed by atoms with van der Waals surface area (Å²) in [5, 5.41) is 5.15. The van der Waals surface area contributed by atoms with E-state index in [0.717, 1.165) is 47.4 Å². The standard InChI is InChI=1S/C38H37F4N5O4S/c1-2-50-37(49)45-20-18-30(19-21-45)47-33(44-51-35(47)27-10-8-25(9-11-27)26-12-14-28(15-13-26)38(40,41)42)22-46-32-5-3-4-31(32)34(48)43-36(46)52-23-24-6-16-29(39)17-7-24/h6-17,30,35H,2-5,18-23H2,1H3. The third-order valence-corrected chi connectivity index (χ3v) is 10.8. The number of alkyl halides is 3. The molecule has 3 heterocycles. The van der Waals surface area contributed by atoms with Gasteiger partial charge in [-0.25, -0.2) is 9.18 Å². The van der Waals surface area contributed by atoms with Gasteiger partial charge in [0.15, 0.2) is 11.0 Å². The van der Waals surface area contributed by atoms with Crippen molar-refractivity contribution >= 4 is 23.7 Å². The molecule has 1 atom stereocenters. The summed E-state index contributed by atoms with van der Waals surface area (Å²) in [6.07, 6.45) is -1.89. The number of hydrogen-bond acceptors (Lipinski definition) is 8. The lowest BCUT2D eigenvalue weighted by Gasteiger charge is -2.39. The van der Waals surface area contributed by atoms with Crippen LogP contribution in [0.3, 0.4) is 0 Å². The molecule has 0 radical (unpaired) electrons. The highest BCUT2D eigenvalue weighted by molar-refractivity contribution is 7.98. The van der Waals surface area contributed by atoms with E-state index in [9.17, 15) is 27.2 Å². The molecule has 14 heteroatoms. The van der Waals surface area contributed by atoms with Gasteiger partial charge >= 0.3 is 12.3 Å². The van der Waals surface area contributed by atoms with Crippen molar-refractivity contribution in [2.75, 3.05) is 19.7 Å². The van der Waals surface area contributed by atoms with Crippen LogP contribution in [0.2, 0.25) is 0 Å². The van der Waals surface area contributed by atoms with E-state index in [0.29, 0.717) is 73.4 Å². The molecule has 4 aromatic rings. The van der Waals surface area contributed by atoms with Crippen LogP contribution >= 0.6 is 11.8 Å². The number of likely N-dealkylation sites (tertiary alicyclic amines) is 1. The monoisotopic (exact) mass is 735 g/mol. The van der Waals surface area contributed by atoms with E-state index in [1.54, 1.807) is 24.0 Å². The third kappa shape index (κ3) is 7.52. The smallest absolute Gasteiger partial charge is 0.416 e. The minimum Gasteiger partial charge on any atom is -0.450 e. The van der Waals surface area contributed by atoms with Crippen molar-refractivity contribution < 1.29 is 31.9 Å². The fraction of sp³-hybridized carbons (Fsp3) is 0.368. The number of rotatable bonds is 9. The number of carbonyl (C=O) groups is 1. The Morgan fingerprint density at radius 3 is 2.29 bits per heavy atom. The average Bonchev–Trinajstić information content (AvgIpc) is 3.81. The van der Waals surface area contributed by atoms with Crippen LogP contribution in [-0.4, -0.2) is 57.0 Å². The zero-order chi connectivity index (χ0) is 36.4. The maximum Gasteiger partial charge on any atom is 0.416 e. The van der Waals surface area contributed by atoms with Crippen molar-refractivity contribution in [1.29, 1.82) is 0 Å². The summed E-state index contributed by atoms with van der Waals surface area (Å²) in [4.78, 5) is 40.1. The minimum atomic E-state index is -4.41.